The molecule has 1 aromatic rings. The molecular formula is C22H20N2O8. The number of esters is 4. The molecule has 0 N–H and O–H groups in total. The van der Waals surface area contributed by atoms with Gasteiger partial charge >= 0.3 is 23.9 Å². The van der Waals surface area contributed by atoms with Crippen molar-refractivity contribution in [1.29, 1.82) is 5.26 Å². The molecule has 0 fully saturated rings. The van der Waals surface area contributed by atoms with Gasteiger partial charge in [0.15, 0.2) is 5.54 Å². The summed E-state index contributed by atoms with van der Waals surface area (Å²) in [6.45, 7) is 1.69. The van der Waals surface area contributed by atoms with Gasteiger partial charge in [-0.15, -0.1) is 0 Å². The van der Waals surface area contributed by atoms with Crippen LogP contribution in [0.1, 0.15) is 31.8 Å². The highest BCUT2D eigenvalue weighted by atomic mass is 16.5. The number of nitrogens with zero attached hydrogens (tertiary/aromatic N) is 2. The fourth-order valence-electron chi connectivity index (χ4n) is 3.14. The lowest BCUT2D eigenvalue weighted by Crippen LogP contribution is -2.29. The number of hydrogen-bond acceptors (Lipinski definition) is 10. The Hall–Kier alpha value is -4.26. The van der Waals surface area contributed by atoms with Gasteiger partial charge in [0.2, 0.25) is 0 Å². The van der Waals surface area contributed by atoms with Crippen LogP contribution >= 0.6 is 0 Å². The number of benzene rings is 1. The second kappa shape index (κ2) is 9.70. The van der Waals surface area contributed by atoms with Gasteiger partial charge in [0.25, 0.3) is 0 Å². The predicted molar refractivity (Wildman–Crippen MR) is 111 cm³/mol. The Kier molecular flexibility index (Phi) is 7.28. The zero-order valence-electron chi connectivity index (χ0n) is 18.0. The fraction of sp³-hybridized carbons (Fsp3) is 0.273. The first-order chi connectivity index (χ1) is 15.2. The van der Waals surface area contributed by atoms with Crippen LogP contribution in [-0.2, 0) is 28.5 Å². The Bertz CT molecular complexity index is 1120. The van der Waals surface area contributed by atoms with E-state index in [1.807, 2.05) is 6.07 Å². The van der Waals surface area contributed by atoms with E-state index in [9.17, 15) is 24.4 Å². The van der Waals surface area contributed by atoms with Crippen LogP contribution in [0.5, 0.6) is 0 Å². The normalized spacial score (nSPS) is 17.1. The molecule has 1 aliphatic rings. The minimum atomic E-state index is -1.93. The Morgan fingerprint density at radius 2 is 1.53 bits per heavy atom. The molecule has 2 rings (SSSR count). The highest BCUT2D eigenvalue weighted by molar-refractivity contribution is 6.19. The summed E-state index contributed by atoms with van der Waals surface area (Å²) >= 11 is 0. The lowest BCUT2D eigenvalue weighted by atomic mass is 9.88. The molecule has 1 atom stereocenters. The van der Waals surface area contributed by atoms with Crippen LogP contribution in [0.4, 0.5) is 0 Å². The SMILES string of the molecule is COC(=O)C1=C(C(=O)OC)C(C#N)(/C=C\c2cc(C)cc(C(=O)OC)c2C(=O)OC)N=C1. The van der Waals surface area contributed by atoms with Crippen molar-refractivity contribution in [3.63, 3.8) is 0 Å². The molecule has 10 nitrogen and oxygen atoms in total. The van der Waals surface area contributed by atoms with Crippen molar-refractivity contribution in [2.45, 2.75) is 12.5 Å². The summed E-state index contributed by atoms with van der Waals surface area (Å²) in [6, 6.07) is 4.92. The molecule has 1 aliphatic heterocycles. The van der Waals surface area contributed by atoms with E-state index in [0.717, 1.165) is 27.5 Å². The molecule has 1 unspecified atom stereocenters. The molecule has 1 aromatic carbocycles. The summed E-state index contributed by atoms with van der Waals surface area (Å²) in [6.07, 6.45) is 3.59. The van der Waals surface area contributed by atoms with Crippen molar-refractivity contribution in [3.8, 4) is 6.07 Å². The van der Waals surface area contributed by atoms with Gasteiger partial charge in [0.1, 0.15) is 6.07 Å². The predicted octanol–water partition coefficient (Wildman–Crippen LogP) is 1.57. The lowest BCUT2D eigenvalue weighted by molar-refractivity contribution is -0.139. The summed E-state index contributed by atoms with van der Waals surface area (Å²) in [4.78, 5) is 53.2. The van der Waals surface area contributed by atoms with E-state index in [2.05, 4.69) is 9.73 Å². The summed E-state index contributed by atoms with van der Waals surface area (Å²) in [5, 5.41) is 9.87. The summed E-state index contributed by atoms with van der Waals surface area (Å²) in [5.74, 6) is -3.41. The Morgan fingerprint density at radius 3 is 2.06 bits per heavy atom. The van der Waals surface area contributed by atoms with Crippen LogP contribution < -0.4 is 0 Å². The number of methoxy groups -OCH3 is 4. The van der Waals surface area contributed by atoms with E-state index in [-0.39, 0.29) is 27.8 Å². The van der Waals surface area contributed by atoms with Crippen molar-refractivity contribution >= 4 is 36.2 Å². The molecule has 0 bridgehead atoms. The number of nitriles is 1. The molecule has 166 valence electrons. The molecule has 1 heterocycles. The quantitative estimate of drug-likeness (QED) is 0.476. The summed E-state index contributed by atoms with van der Waals surface area (Å²) in [7, 11) is 4.52. The largest absolute Gasteiger partial charge is 0.466 e. The van der Waals surface area contributed by atoms with Gasteiger partial charge in [-0.3, -0.25) is 4.99 Å². The first-order valence-corrected chi connectivity index (χ1v) is 9.08. The third kappa shape index (κ3) is 4.27. The van der Waals surface area contributed by atoms with Gasteiger partial charge in [0, 0.05) is 6.21 Å². The molecule has 0 saturated carbocycles. The van der Waals surface area contributed by atoms with Crippen LogP contribution in [0, 0.1) is 18.3 Å². The Balaban J connectivity index is 2.75. The van der Waals surface area contributed by atoms with E-state index in [1.54, 1.807) is 13.0 Å². The number of aryl methyl sites for hydroxylation is 1. The average Bonchev–Trinajstić information content (AvgIpc) is 3.20. The lowest BCUT2D eigenvalue weighted by Gasteiger charge is -2.17. The molecule has 0 saturated heterocycles. The van der Waals surface area contributed by atoms with Gasteiger partial charge in [-0.2, -0.15) is 5.26 Å². The Labute approximate surface area is 183 Å². The van der Waals surface area contributed by atoms with E-state index >= 15 is 0 Å². The minimum absolute atomic E-state index is 0.0427. The maximum Gasteiger partial charge on any atom is 0.340 e. The average molecular weight is 440 g/mol. The van der Waals surface area contributed by atoms with Gasteiger partial charge in [-0.05, 0) is 30.2 Å². The number of rotatable bonds is 6. The number of aliphatic imine (C=N–C) groups is 1. The van der Waals surface area contributed by atoms with Crippen LogP contribution in [0.2, 0.25) is 0 Å². The highest BCUT2D eigenvalue weighted by Crippen LogP contribution is 2.33. The molecular weight excluding hydrogens is 420 g/mol. The Morgan fingerprint density at radius 1 is 0.938 bits per heavy atom. The fourth-order valence-corrected chi connectivity index (χ4v) is 3.14. The zero-order valence-corrected chi connectivity index (χ0v) is 18.0. The first-order valence-electron chi connectivity index (χ1n) is 9.08. The van der Waals surface area contributed by atoms with Crippen LogP contribution in [-0.4, -0.2) is 64.1 Å². The van der Waals surface area contributed by atoms with Crippen molar-refractivity contribution < 1.29 is 38.1 Å². The number of carbonyl (C=O) groups is 4. The smallest absolute Gasteiger partial charge is 0.340 e. The first kappa shape index (κ1) is 24.0. The molecule has 10 heteroatoms. The van der Waals surface area contributed by atoms with E-state index in [1.165, 1.54) is 25.3 Å². The molecule has 0 aliphatic carbocycles. The third-order valence-corrected chi connectivity index (χ3v) is 4.63. The van der Waals surface area contributed by atoms with Crippen molar-refractivity contribution in [2.75, 3.05) is 28.4 Å². The minimum Gasteiger partial charge on any atom is -0.466 e. The maximum absolute atomic E-state index is 12.4. The topological polar surface area (TPSA) is 141 Å². The molecule has 0 aromatic heterocycles. The highest BCUT2D eigenvalue weighted by Gasteiger charge is 2.44. The van der Waals surface area contributed by atoms with E-state index < -0.39 is 29.4 Å². The van der Waals surface area contributed by atoms with Gasteiger partial charge < -0.3 is 18.9 Å². The van der Waals surface area contributed by atoms with Gasteiger partial charge in [0.05, 0.1) is 50.7 Å². The van der Waals surface area contributed by atoms with E-state index in [4.69, 9.17) is 14.2 Å². The summed E-state index contributed by atoms with van der Waals surface area (Å²) in [5.41, 5.74) is -1.84. The van der Waals surface area contributed by atoms with Crippen LogP contribution in [0.15, 0.2) is 34.3 Å². The van der Waals surface area contributed by atoms with Crippen LogP contribution in [0.25, 0.3) is 6.08 Å². The van der Waals surface area contributed by atoms with Gasteiger partial charge in [-0.1, -0.05) is 12.1 Å². The second-order valence-corrected chi connectivity index (χ2v) is 6.50. The zero-order chi connectivity index (χ0) is 24.1. The molecule has 0 radical (unpaired) electrons. The maximum atomic E-state index is 12.4. The molecule has 32 heavy (non-hydrogen) atoms. The molecule has 0 spiro atoms. The van der Waals surface area contributed by atoms with Crippen molar-refractivity contribution in [3.05, 3.63) is 51.6 Å². The molecule has 0 amide bonds. The third-order valence-electron chi connectivity index (χ3n) is 4.63. The van der Waals surface area contributed by atoms with Crippen molar-refractivity contribution in [2.24, 2.45) is 4.99 Å². The standard InChI is InChI=1S/C22H20N2O8/c1-12-8-13(16(20(27)31-4)14(9-12)18(25)29-2)6-7-22(11-23)17(21(28)32-5)15(10-24-22)19(26)30-3/h6-10H,1-5H3/b7-6-. The monoisotopic (exact) mass is 440 g/mol. The number of carbonyl (C=O) groups excluding carboxylic acids is 4. The van der Waals surface area contributed by atoms with Gasteiger partial charge in [-0.25, -0.2) is 19.2 Å². The summed E-state index contributed by atoms with van der Waals surface area (Å²) < 4.78 is 18.9. The van der Waals surface area contributed by atoms with E-state index in [0.29, 0.717) is 5.56 Å². The number of ether oxygens (including phenoxy) is 4. The van der Waals surface area contributed by atoms with Crippen molar-refractivity contribution in [1.82, 2.24) is 0 Å². The van der Waals surface area contributed by atoms with Crippen LogP contribution in [0.3, 0.4) is 0 Å². The second-order valence-electron chi connectivity index (χ2n) is 6.50. The number of hydrogen-bond donors (Lipinski definition) is 0.